The van der Waals surface area contributed by atoms with E-state index in [4.69, 9.17) is 9.47 Å². The molecule has 0 radical (unpaired) electrons. The molecule has 20 heavy (non-hydrogen) atoms. The Balaban J connectivity index is 2.38. The van der Waals surface area contributed by atoms with Crippen LogP contribution in [0.1, 0.15) is 32.8 Å². The predicted molar refractivity (Wildman–Crippen MR) is 79.4 cm³/mol. The van der Waals surface area contributed by atoms with Gasteiger partial charge >= 0.3 is 11.9 Å². The maximum Gasteiger partial charge on any atom is 0.320 e. The van der Waals surface area contributed by atoms with Gasteiger partial charge in [0.15, 0.2) is 0 Å². The van der Waals surface area contributed by atoms with Crippen LogP contribution in [0, 0.1) is 0 Å². The molecule has 1 atom stereocenters. The van der Waals surface area contributed by atoms with E-state index in [-0.39, 0.29) is 13.0 Å². The summed E-state index contributed by atoms with van der Waals surface area (Å²) in [4.78, 5) is 22.6. The molecule has 0 aliphatic heterocycles. The molecule has 0 amide bonds. The number of hydrogen-bond acceptors (Lipinski definition) is 4. The molecule has 4 nitrogen and oxygen atoms in total. The molecule has 0 saturated carbocycles. The van der Waals surface area contributed by atoms with Crippen LogP contribution in [0.5, 0.6) is 0 Å². The van der Waals surface area contributed by atoms with Crippen LogP contribution >= 0.6 is 15.9 Å². The quantitative estimate of drug-likeness (QED) is 0.608. The van der Waals surface area contributed by atoms with Gasteiger partial charge in [-0.15, -0.1) is 0 Å². The fourth-order valence-electron chi connectivity index (χ4n) is 1.43. The third kappa shape index (κ3) is 6.70. The van der Waals surface area contributed by atoms with Crippen LogP contribution < -0.4 is 0 Å². The van der Waals surface area contributed by atoms with Gasteiger partial charge in [0, 0.05) is 0 Å². The highest BCUT2D eigenvalue weighted by Gasteiger charge is 2.24. The number of benzene rings is 1. The monoisotopic (exact) mass is 342 g/mol. The van der Waals surface area contributed by atoms with E-state index in [0.29, 0.717) is 0 Å². The molecule has 0 heterocycles. The lowest BCUT2D eigenvalue weighted by Crippen LogP contribution is -2.28. The summed E-state index contributed by atoms with van der Waals surface area (Å²) in [7, 11) is 0. The van der Waals surface area contributed by atoms with Gasteiger partial charge in [0.05, 0.1) is 6.42 Å². The Bertz CT molecular complexity index is 451. The van der Waals surface area contributed by atoms with Crippen molar-refractivity contribution in [2.75, 3.05) is 0 Å². The molecule has 0 unspecified atom stereocenters. The topological polar surface area (TPSA) is 52.6 Å². The van der Waals surface area contributed by atoms with Gasteiger partial charge < -0.3 is 9.47 Å². The molecule has 110 valence electrons. The molecule has 0 fully saturated rings. The van der Waals surface area contributed by atoms with E-state index in [9.17, 15) is 9.59 Å². The van der Waals surface area contributed by atoms with Crippen molar-refractivity contribution in [2.24, 2.45) is 0 Å². The second-order valence-corrected chi connectivity index (χ2v) is 6.46. The molecule has 0 saturated heterocycles. The minimum absolute atomic E-state index is 0.0507. The van der Waals surface area contributed by atoms with Crippen LogP contribution in [0.25, 0.3) is 0 Å². The van der Waals surface area contributed by atoms with E-state index >= 15 is 0 Å². The summed E-state index contributed by atoms with van der Waals surface area (Å²) in [6, 6.07) is 9.36. The van der Waals surface area contributed by atoms with Crippen molar-refractivity contribution >= 4 is 27.9 Å². The van der Waals surface area contributed by atoms with Crippen molar-refractivity contribution in [1.82, 2.24) is 0 Å². The Labute approximate surface area is 127 Å². The summed E-state index contributed by atoms with van der Waals surface area (Å²) in [5, 5.41) is 0. The summed E-state index contributed by atoms with van der Waals surface area (Å²) < 4.78 is 10.3. The first kappa shape index (κ1) is 16.7. The van der Waals surface area contributed by atoms with Crippen molar-refractivity contribution in [3.05, 3.63) is 35.9 Å². The molecule has 0 N–H and O–H groups in total. The lowest BCUT2D eigenvalue weighted by Gasteiger charge is -2.20. The van der Waals surface area contributed by atoms with E-state index in [2.05, 4.69) is 15.9 Å². The molecule has 5 heteroatoms. The largest absolute Gasteiger partial charge is 0.460 e. The summed E-state index contributed by atoms with van der Waals surface area (Å²) in [6.45, 7) is 5.53. The number of hydrogen-bond donors (Lipinski definition) is 0. The van der Waals surface area contributed by atoms with Gasteiger partial charge in [0.25, 0.3) is 0 Å². The van der Waals surface area contributed by atoms with Gasteiger partial charge in [-0.25, -0.2) is 0 Å². The minimum Gasteiger partial charge on any atom is -0.460 e. The minimum atomic E-state index is -0.693. The molecule has 0 aliphatic rings. The Morgan fingerprint density at radius 1 is 1.20 bits per heavy atom. The van der Waals surface area contributed by atoms with Gasteiger partial charge in [0.1, 0.15) is 17.0 Å². The Morgan fingerprint density at radius 3 is 2.35 bits per heavy atom. The van der Waals surface area contributed by atoms with Gasteiger partial charge in [0.2, 0.25) is 0 Å². The zero-order chi connectivity index (χ0) is 15.2. The maximum atomic E-state index is 11.7. The molecule has 0 spiro atoms. The standard InChI is InChI=1S/C15H19BrO4/c1-15(2,3)20-13(17)9-12(16)14(18)19-10-11-7-5-4-6-8-11/h4-8,12H,9-10H2,1-3H3/t12-/m0/s1. The first-order valence-electron chi connectivity index (χ1n) is 6.34. The van der Waals surface area contributed by atoms with E-state index < -0.39 is 22.4 Å². The van der Waals surface area contributed by atoms with Crippen LogP contribution in [-0.2, 0) is 25.7 Å². The summed E-state index contributed by atoms with van der Waals surface area (Å²) in [5.74, 6) is -0.907. The molecule has 0 aromatic heterocycles. The lowest BCUT2D eigenvalue weighted by atomic mass is 10.2. The summed E-state index contributed by atoms with van der Waals surface area (Å²) in [6.07, 6.45) is -0.0507. The lowest BCUT2D eigenvalue weighted by molar-refractivity contribution is -0.157. The number of rotatable bonds is 5. The summed E-state index contributed by atoms with van der Waals surface area (Å²) >= 11 is 3.15. The highest BCUT2D eigenvalue weighted by molar-refractivity contribution is 9.10. The van der Waals surface area contributed by atoms with Gasteiger partial charge in [-0.2, -0.15) is 0 Å². The number of alkyl halides is 1. The number of esters is 2. The van der Waals surface area contributed by atoms with E-state index in [0.717, 1.165) is 5.56 Å². The van der Waals surface area contributed by atoms with Gasteiger partial charge in [-0.1, -0.05) is 46.3 Å². The van der Waals surface area contributed by atoms with Crippen LogP contribution in [0.15, 0.2) is 30.3 Å². The Hall–Kier alpha value is -1.36. The molecular weight excluding hydrogens is 324 g/mol. The van der Waals surface area contributed by atoms with Crippen molar-refractivity contribution in [1.29, 1.82) is 0 Å². The predicted octanol–water partition coefficient (Wildman–Crippen LogP) is 3.23. The first-order chi connectivity index (χ1) is 9.28. The van der Waals surface area contributed by atoms with Crippen LogP contribution in [0.3, 0.4) is 0 Å². The molecule has 1 aromatic carbocycles. The maximum absolute atomic E-state index is 11.7. The molecule has 1 rings (SSSR count). The molecule has 0 bridgehead atoms. The highest BCUT2D eigenvalue weighted by atomic mass is 79.9. The molecule has 0 aliphatic carbocycles. The third-order valence-corrected chi connectivity index (χ3v) is 2.94. The Kier molecular flexibility index (Phi) is 6.20. The fraction of sp³-hybridized carbons (Fsp3) is 0.467. The summed E-state index contributed by atoms with van der Waals surface area (Å²) in [5.41, 5.74) is 0.343. The van der Waals surface area contributed by atoms with E-state index in [1.165, 1.54) is 0 Å². The number of carbonyl (C=O) groups excluding carboxylic acids is 2. The average Bonchev–Trinajstić information content (AvgIpc) is 2.34. The van der Waals surface area contributed by atoms with Crippen LogP contribution in [0.2, 0.25) is 0 Å². The van der Waals surface area contributed by atoms with E-state index in [1.54, 1.807) is 20.8 Å². The van der Waals surface area contributed by atoms with Crippen LogP contribution in [-0.4, -0.2) is 22.4 Å². The first-order valence-corrected chi connectivity index (χ1v) is 7.26. The van der Waals surface area contributed by atoms with Crippen molar-refractivity contribution in [2.45, 2.75) is 44.2 Å². The average molecular weight is 343 g/mol. The molecule has 1 aromatic rings. The molecular formula is C15H19BrO4. The fourth-order valence-corrected chi connectivity index (χ4v) is 1.83. The van der Waals surface area contributed by atoms with Gasteiger partial charge in [-0.05, 0) is 26.3 Å². The second-order valence-electron chi connectivity index (χ2n) is 5.35. The highest BCUT2D eigenvalue weighted by Crippen LogP contribution is 2.14. The van der Waals surface area contributed by atoms with E-state index in [1.807, 2.05) is 30.3 Å². The zero-order valence-electron chi connectivity index (χ0n) is 11.9. The normalized spacial score (nSPS) is 12.6. The van der Waals surface area contributed by atoms with Crippen molar-refractivity contribution < 1.29 is 19.1 Å². The number of ether oxygens (including phenoxy) is 2. The van der Waals surface area contributed by atoms with Crippen molar-refractivity contribution in [3.8, 4) is 0 Å². The Morgan fingerprint density at radius 2 is 1.80 bits per heavy atom. The number of halogens is 1. The third-order valence-electron chi connectivity index (χ3n) is 2.25. The zero-order valence-corrected chi connectivity index (χ0v) is 13.5. The SMILES string of the molecule is CC(C)(C)OC(=O)C[C@H](Br)C(=O)OCc1ccccc1. The number of carbonyl (C=O) groups is 2. The second kappa shape index (κ2) is 7.43. The van der Waals surface area contributed by atoms with Crippen LogP contribution in [0.4, 0.5) is 0 Å². The smallest absolute Gasteiger partial charge is 0.320 e. The van der Waals surface area contributed by atoms with Crippen molar-refractivity contribution in [3.63, 3.8) is 0 Å². The van der Waals surface area contributed by atoms with Gasteiger partial charge in [-0.3, -0.25) is 9.59 Å².